The van der Waals surface area contributed by atoms with Crippen LogP contribution in [0.1, 0.15) is 0 Å². The minimum atomic E-state index is 0.676. The number of fused-ring (bicyclic) bond motifs is 1. The molecule has 2 aromatic carbocycles. The van der Waals surface area contributed by atoms with Crippen LogP contribution in [0.4, 0.5) is 17.2 Å². The van der Waals surface area contributed by atoms with Crippen LogP contribution in [-0.4, -0.2) is 17.1 Å². The Bertz CT molecular complexity index is 758. The second kappa shape index (κ2) is 5.05. The van der Waals surface area contributed by atoms with Gasteiger partial charge in [-0.15, -0.1) is 0 Å². The van der Waals surface area contributed by atoms with E-state index in [1.165, 1.54) is 6.33 Å². The van der Waals surface area contributed by atoms with Crippen molar-refractivity contribution >= 4 is 28.1 Å². The number of aromatic nitrogens is 2. The molecule has 0 unspecified atom stereocenters. The Hall–Kier alpha value is -2.82. The first-order valence-corrected chi connectivity index (χ1v) is 6.18. The summed E-state index contributed by atoms with van der Waals surface area (Å²) in [6.07, 6.45) is 1.52. The fourth-order valence-electron chi connectivity index (χ4n) is 2.05. The van der Waals surface area contributed by atoms with Gasteiger partial charge in [-0.25, -0.2) is 9.97 Å². The molecule has 5 nitrogen and oxygen atoms in total. The number of hydrogen-bond acceptors (Lipinski definition) is 5. The third kappa shape index (κ3) is 2.21. The molecule has 3 rings (SSSR count). The van der Waals surface area contributed by atoms with Crippen molar-refractivity contribution < 1.29 is 4.74 Å². The van der Waals surface area contributed by atoms with Gasteiger partial charge < -0.3 is 15.8 Å². The van der Waals surface area contributed by atoms with Gasteiger partial charge in [-0.2, -0.15) is 0 Å². The van der Waals surface area contributed by atoms with Crippen LogP contribution < -0.4 is 15.8 Å². The van der Waals surface area contributed by atoms with E-state index >= 15 is 0 Å². The van der Waals surface area contributed by atoms with Crippen LogP contribution in [0.3, 0.4) is 0 Å². The third-order valence-electron chi connectivity index (χ3n) is 3.02. The van der Waals surface area contributed by atoms with Crippen LogP contribution in [-0.2, 0) is 0 Å². The lowest BCUT2D eigenvalue weighted by Gasteiger charge is -2.11. The van der Waals surface area contributed by atoms with Crippen LogP contribution in [0.5, 0.6) is 5.75 Å². The van der Waals surface area contributed by atoms with E-state index in [0.717, 1.165) is 22.3 Å². The van der Waals surface area contributed by atoms with E-state index in [9.17, 15) is 0 Å². The summed E-state index contributed by atoms with van der Waals surface area (Å²) < 4.78 is 5.32. The molecule has 1 heterocycles. The van der Waals surface area contributed by atoms with Crippen molar-refractivity contribution in [1.29, 1.82) is 0 Å². The number of rotatable bonds is 3. The maximum absolute atomic E-state index is 5.83. The predicted molar refractivity (Wildman–Crippen MR) is 80.2 cm³/mol. The van der Waals surface area contributed by atoms with Gasteiger partial charge in [0.1, 0.15) is 17.9 Å². The molecule has 0 saturated carbocycles. The molecule has 0 radical (unpaired) electrons. The highest BCUT2D eigenvalue weighted by Gasteiger charge is 2.07. The van der Waals surface area contributed by atoms with Crippen molar-refractivity contribution in [2.75, 3.05) is 18.2 Å². The molecular weight excluding hydrogens is 252 g/mol. The van der Waals surface area contributed by atoms with E-state index in [-0.39, 0.29) is 0 Å². The second-order valence-corrected chi connectivity index (χ2v) is 4.32. The summed E-state index contributed by atoms with van der Waals surface area (Å²) in [5.41, 5.74) is 8.19. The fraction of sp³-hybridized carbons (Fsp3) is 0.0667. The molecule has 5 heteroatoms. The van der Waals surface area contributed by atoms with E-state index in [4.69, 9.17) is 10.5 Å². The van der Waals surface area contributed by atoms with Crippen molar-refractivity contribution in [3.8, 4) is 5.75 Å². The summed E-state index contributed by atoms with van der Waals surface area (Å²) in [4.78, 5) is 8.51. The normalized spacial score (nSPS) is 10.4. The first kappa shape index (κ1) is 12.2. The SMILES string of the molecule is COc1ccccc1Nc1ncnc2ccc(N)cc12. The molecule has 3 N–H and O–H groups in total. The predicted octanol–water partition coefficient (Wildman–Crippen LogP) is 2.96. The molecule has 0 saturated heterocycles. The van der Waals surface area contributed by atoms with E-state index < -0.39 is 0 Å². The third-order valence-corrected chi connectivity index (χ3v) is 3.02. The fourth-order valence-corrected chi connectivity index (χ4v) is 2.05. The van der Waals surface area contributed by atoms with Crippen LogP contribution >= 0.6 is 0 Å². The number of nitrogens with two attached hydrogens (primary N) is 1. The summed E-state index contributed by atoms with van der Waals surface area (Å²) in [6, 6.07) is 13.2. The van der Waals surface area contributed by atoms with Crippen LogP contribution in [0, 0.1) is 0 Å². The Morgan fingerprint density at radius 3 is 2.80 bits per heavy atom. The molecule has 0 bridgehead atoms. The highest BCUT2D eigenvalue weighted by molar-refractivity contribution is 5.93. The number of methoxy groups -OCH3 is 1. The van der Waals surface area contributed by atoms with E-state index in [1.807, 2.05) is 42.5 Å². The maximum atomic E-state index is 5.83. The quantitative estimate of drug-likeness (QED) is 0.713. The number of benzene rings is 2. The Labute approximate surface area is 116 Å². The zero-order valence-corrected chi connectivity index (χ0v) is 11.0. The van der Waals surface area contributed by atoms with Gasteiger partial charge in [0, 0.05) is 11.1 Å². The monoisotopic (exact) mass is 266 g/mol. The number of nitrogen functional groups attached to an aromatic ring is 1. The lowest BCUT2D eigenvalue weighted by molar-refractivity contribution is 0.417. The zero-order valence-electron chi connectivity index (χ0n) is 11.0. The molecule has 0 aliphatic rings. The van der Waals surface area contributed by atoms with Crippen molar-refractivity contribution in [2.24, 2.45) is 0 Å². The van der Waals surface area contributed by atoms with Gasteiger partial charge in [-0.1, -0.05) is 12.1 Å². The Balaban J connectivity index is 2.08. The summed E-state index contributed by atoms with van der Waals surface area (Å²) in [5, 5.41) is 4.14. The number of para-hydroxylation sites is 2. The maximum Gasteiger partial charge on any atom is 0.142 e. The van der Waals surface area contributed by atoms with Crippen LogP contribution in [0.25, 0.3) is 10.9 Å². The molecule has 0 aliphatic carbocycles. The molecule has 0 aliphatic heterocycles. The van der Waals surface area contributed by atoms with Crippen molar-refractivity contribution in [3.63, 3.8) is 0 Å². The van der Waals surface area contributed by atoms with Gasteiger partial charge in [0.2, 0.25) is 0 Å². The zero-order chi connectivity index (χ0) is 13.9. The first-order valence-electron chi connectivity index (χ1n) is 6.18. The van der Waals surface area contributed by atoms with E-state index in [1.54, 1.807) is 7.11 Å². The van der Waals surface area contributed by atoms with E-state index in [2.05, 4.69) is 15.3 Å². The topological polar surface area (TPSA) is 73.1 Å². The Morgan fingerprint density at radius 1 is 1.10 bits per heavy atom. The Kier molecular flexibility index (Phi) is 3.09. The van der Waals surface area contributed by atoms with Crippen molar-refractivity contribution in [2.45, 2.75) is 0 Å². The summed E-state index contributed by atoms with van der Waals surface area (Å²) in [7, 11) is 1.64. The minimum absolute atomic E-state index is 0.676. The van der Waals surface area contributed by atoms with Gasteiger partial charge >= 0.3 is 0 Å². The largest absolute Gasteiger partial charge is 0.495 e. The number of ether oxygens (including phenoxy) is 1. The molecule has 100 valence electrons. The molecule has 0 spiro atoms. The number of nitrogens with one attached hydrogen (secondary N) is 1. The molecule has 0 fully saturated rings. The van der Waals surface area contributed by atoms with Gasteiger partial charge in [0.05, 0.1) is 18.3 Å². The molecule has 1 aromatic heterocycles. The second-order valence-electron chi connectivity index (χ2n) is 4.32. The highest BCUT2D eigenvalue weighted by atomic mass is 16.5. The number of nitrogens with zero attached hydrogens (tertiary/aromatic N) is 2. The number of anilines is 3. The standard InChI is InChI=1S/C15H14N4O/c1-20-14-5-3-2-4-13(14)19-15-11-8-10(16)6-7-12(11)17-9-18-15/h2-9H,16H2,1H3,(H,17,18,19). The molecular formula is C15H14N4O. The average molecular weight is 266 g/mol. The van der Waals surface area contributed by atoms with Crippen LogP contribution in [0.2, 0.25) is 0 Å². The average Bonchev–Trinajstić information content (AvgIpc) is 2.48. The van der Waals surface area contributed by atoms with Crippen molar-refractivity contribution in [1.82, 2.24) is 9.97 Å². The lowest BCUT2D eigenvalue weighted by Crippen LogP contribution is -1.98. The lowest BCUT2D eigenvalue weighted by atomic mass is 10.2. The highest BCUT2D eigenvalue weighted by Crippen LogP contribution is 2.29. The van der Waals surface area contributed by atoms with Gasteiger partial charge in [-0.05, 0) is 30.3 Å². The summed E-state index contributed by atoms with van der Waals surface area (Å²) >= 11 is 0. The molecule has 0 atom stereocenters. The van der Waals surface area contributed by atoms with Gasteiger partial charge in [-0.3, -0.25) is 0 Å². The summed E-state index contributed by atoms with van der Waals surface area (Å²) in [6.45, 7) is 0. The van der Waals surface area contributed by atoms with Crippen LogP contribution in [0.15, 0.2) is 48.8 Å². The molecule has 0 amide bonds. The van der Waals surface area contributed by atoms with E-state index in [0.29, 0.717) is 11.5 Å². The first-order chi connectivity index (χ1) is 9.78. The van der Waals surface area contributed by atoms with Gasteiger partial charge in [0.15, 0.2) is 0 Å². The smallest absolute Gasteiger partial charge is 0.142 e. The van der Waals surface area contributed by atoms with Gasteiger partial charge in [0.25, 0.3) is 0 Å². The van der Waals surface area contributed by atoms with Crippen molar-refractivity contribution in [3.05, 3.63) is 48.8 Å². The Morgan fingerprint density at radius 2 is 1.95 bits per heavy atom. The minimum Gasteiger partial charge on any atom is -0.495 e. The molecule has 3 aromatic rings. The summed E-state index contributed by atoms with van der Waals surface area (Å²) in [5.74, 6) is 1.45. The molecule has 20 heavy (non-hydrogen) atoms. The number of hydrogen-bond donors (Lipinski definition) is 2.